The number of amidine groups is 2. The molecule has 1 heterocycles. The third-order valence-electron chi connectivity index (χ3n) is 3.67. The van der Waals surface area contributed by atoms with Gasteiger partial charge in [0.1, 0.15) is 17.8 Å². The smallest absolute Gasteiger partial charge is 0.332 e. The lowest BCUT2D eigenvalue weighted by Crippen LogP contribution is -2.13. The van der Waals surface area contributed by atoms with Crippen molar-refractivity contribution < 1.29 is 15.0 Å². The van der Waals surface area contributed by atoms with Crippen LogP contribution in [0.1, 0.15) is 18.1 Å². The van der Waals surface area contributed by atoms with Gasteiger partial charge < -0.3 is 21.7 Å². The standard InChI is InChI=1S/C16H14N4S.C3H6O3/c17-15(18)10-3-1-9(2-4-10)13-7-11-5-6-12(16(19)20)8-14(11)21-13;1-2(4)3(5)6/h1-8H,(H3,17,18)(H3,19,20);2,4H,1H3,(H,5,6). The Bertz CT molecular complexity index is 994. The molecule has 1 atom stereocenters. The molecule has 0 aliphatic heterocycles. The summed E-state index contributed by atoms with van der Waals surface area (Å²) in [5.41, 5.74) is 13.5. The highest BCUT2D eigenvalue weighted by Gasteiger charge is 2.07. The Balaban J connectivity index is 0.000000380. The van der Waals surface area contributed by atoms with E-state index in [1.165, 1.54) is 6.92 Å². The molecular formula is C19H20N4O3S. The van der Waals surface area contributed by atoms with Crippen LogP contribution in [0.5, 0.6) is 0 Å². The minimum absolute atomic E-state index is 0.0731. The average Bonchev–Trinajstić information content (AvgIpc) is 3.05. The van der Waals surface area contributed by atoms with E-state index in [2.05, 4.69) is 6.07 Å². The van der Waals surface area contributed by atoms with E-state index in [0.29, 0.717) is 0 Å². The zero-order valence-corrected chi connectivity index (χ0v) is 15.4. The van der Waals surface area contributed by atoms with E-state index in [1.807, 2.05) is 42.5 Å². The van der Waals surface area contributed by atoms with Gasteiger partial charge >= 0.3 is 5.97 Å². The first-order valence-corrected chi connectivity index (χ1v) is 8.74. The van der Waals surface area contributed by atoms with Gasteiger partial charge in [-0.3, -0.25) is 10.8 Å². The summed E-state index contributed by atoms with van der Waals surface area (Å²) >= 11 is 1.66. The van der Waals surface area contributed by atoms with Crippen molar-refractivity contribution in [2.24, 2.45) is 11.5 Å². The predicted octanol–water partition coefficient (Wildman–Crippen LogP) is 2.59. The van der Waals surface area contributed by atoms with Crippen LogP contribution in [0.3, 0.4) is 0 Å². The van der Waals surface area contributed by atoms with E-state index in [4.69, 9.17) is 32.5 Å². The van der Waals surface area contributed by atoms with Gasteiger partial charge in [-0.25, -0.2) is 4.79 Å². The Morgan fingerprint density at radius 1 is 1.00 bits per heavy atom. The Morgan fingerprint density at radius 2 is 1.52 bits per heavy atom. The first-order valence-electron chi connectivity index (χ1n) is 7.92. The van der Waals surface area contributed by atoms with Gasteiger partial charge in [-0.2, -0.15) is 0 Å². The summed E-state index contributed by atoms with van der Waals surface area (Å²) in [6.45, 7) is 1.20. The number of benzene rings is 2. The Labute approximate surface area is 159 Å². The summed E-state index contributed by atoms with van der Waals surface area (Å²) in [6, 6.07) is 15.5. The van der Waals surface area contributed by atoms with E-state index in [1.54, 1.807) is 11.3 Å². The third kappa shape index (κ3) is 5.13. The summed E-state index contributed by atoms with van der Waals surface area (Å²) in [4.78, 5) is 10.6. The van der Waals surface area contributed by atoms with E-state index in [-0.39, 0.29) is 11.7 Å². The van der Waals surface area contributed by atoms with Gasteiger partial charge in [0.25, 0.3) is 0 Å². The van der Waals surface area contributed by atoms with Gasteiger partial charge in [-0.1, -0.05) is 36.4 Å². The van der Waals surface area contributed by atoms with Crippen molar-refractivity contribution in [2.45, 2.75) is 13.0 Å². The van der Waals surface area contributed by atoms with Crippen molar-refractivity contribution in [1.82, 2.24) is 0 Å². The highest BCUT2D eigenvalue weighted by Crippen LogP contribution is 2.34. The maximum Gasteiger partial charge on any atom is 0.332 e. The molecule has 0 saturated heterocycles. The molecule has 0 amide bonds. The molecule has 140 valence electrons. The molecule has 27 heavy (non-hydrogen) atoms. The van der Waals surface area contributed by atoms with Crippen LogP contribution in [0, 0.1) is 10.8 Å². The van der Waals surface area contributed by atoms with Gasteiger partial charge in [0, 0.05) is 20.7 Å². The number of carboxylic acid groups (broad SMARTS) is 1. The average molecular weight is 384 g/mol. The first kappa shape index (κ1) is 20.1. The van der Waals surface area contributed by atoms with Crippen LogP contribution in [0.15, 0.2) is 48.5 Å². The molecule has 0 aliphatic rings. The molecule has 8 heteroatoms. The molecule has 0 fully saturated rings. The zero-order chi connectivity index (χ0) is 20.1. The number of aliphatic hydroxyl groups excluding tert-OH is 1. The lowest BCUT2D eigenvalue weighted by Gasteiger charge is -2.00. The number of aliphatic hydroxyl groups is 1. The van der Waals surface area contributed by atoms with Gasteiger partial charge in [-0.15, -0.1) is 11.3 Å². The van der Waals surface area contributed by atoms with Gasteiger partial charge in [-0.05, 0) is 30.0 Å². The quantitative estimate of drug-likeness (QED) is 0.301. The number of hydrogen-bond donors (Lipinski definition) is 6. The zero-order valence-electron chi connectivity index (χ0n) is 14.6. The molecule has 3 aromatic rings. The van der Waals surface area contributed by atoms with Gasteiger partial charge in [0.2, 0.25) is 0 Å². The van der Waals surface area contributed by atoms with Crippen molar-refractivity contribution in [1.29, 1.82) is 10.8 Å². The monoisotopic (exact) mass is 384 g/mol. The number of rotatable bonds is 4. The maximum atomic E-state index is 9.45. The molecule has 0 aliphatic carbocycles. The molecule has 3 rings (SSSR count). The third-order valence-corrected chi connectivity index (χ3v) is 4.82. The fourth-order valence-electron chi connectivity index (χ4n) is 2.16. The summed E-state index contributed by atoms with van der Waals surface area (Å²) in [5, 5.41) is 31.8. The number of hydrogen-bond acceptors (Lipinski definition) is 5. The van der Waals surface area contributed by atoms with Crippen LogP contribution in [-0.4, -0.2) is 34.0 Å². The normalized spacial score (nSPS) is 11.3. The molecule has 1 unspecified atom stereocenters. The Morgan fingerprint density at radius 3 is 2.00 bits per heavy atom. The molecule has 8 N–H and O–H groups in total. The summed E-state index contributed by atoms with van der Waals surface area (Å²) < 4.78 is 1.10. The molecule has 0 bridgehead atoms. The van der Waals surface area contributed by atoms with E-state index < -0.39 is 12.1 Å². The van der Waals surface area contributed by atoms with Gasteiger partial charge in [0.15, 0.2) is 0 Å². The van der Waals surface area contributed by atoms with Crippen LogP contribution in [0.4, 0.5) is 0 Å². The maximum absolute atomic E-state index is 9.45. The lowest BCUT2D eigenvalue weighted by atomic mass is 10.1. The second kappa shape index (κ2) is 8.43. The van der Waals surface area contributed by atoms with Crippen LogP contribution in [-0.2, 0) is 4.79 Å². The number of carboxylic acids is 1. The second-order valence-corrected chi connectivity index (χ2v) is 6.87. The molecule has 0 spiro atoms. The van der Waals surface area contributed by atoms with E-state index in [9.17, 15) is 4.79 Å². The SMILES string of the molecule is CC(O)C(=O)O.N=C(N)c1ccc(-c2cc3ccc(C(=N)N)cc3s2)cc1. The summed E-state index contributed by atoms with van der Waals surface area (Å²) in [7, 11) is 0. The predicted molar refractivity (Wildman–Crippen MR) is 109 cm³/mol. The highest BCUT2D eigenvalue weighted by molar-refractivity contribution is 7.22. The number of nitrogens with one attached hydrogen (secondary N) is 2. The van der Waals surface area contributed by atoms with Crippen molar-refractivity contribution in [2.75, 3.05) is 0 Å². The number of thiophene rings is 1. The number of fused-ring (bicyclic) bond motifs is 1. The number of carbonyl (C=O) groups is 1. The van der Waals surface area contributed by atoms with Crippen molar-refractivity contribution in [3.63, 3.8) is 0 Å². The number of nitrogens with two attached hydrogens (primary N) is 2. The summed E-state index contributed by atoms with van der Waals surface area (Å²) in [6.07, 6.45) is -1.23. The van der Waals surface area contributed by atoms with Crippen LogP contribution < -0.4 is 11.5 Å². The summed E-state index contributed by atoms with van der Waals surface area (Å²) in [5.74, 6) is -1.03. The minimum atomic E-state index is -1.23. The van der Waals surface area contributed by atoms with E-state index >= 15 is 0 Å². The lowest BCUT2D eigenvalue weighted by molar-refractivity contribution is -0.145. The first-order chi connectivity index (χ1) is 12.7. The van der Waals surface area contributed by atoms with Crippen LogP contribution in [0.25, 0.3) is 20.5 Å². The fraction of sp³-hybridized carbons (Fsp3) is 0.105. The largest absolute Gasteiger partial charge is 0.479 e. The highest BCUT2D eigenvalue weighted by atomic mass is 32.1. The molecule has 0 radical (unpaired) electrons. The molecule has 1 aromatic heterocycles. The van der Waals surface area contributed by atoms with Crippen molar-refractivity contribution >= 4 is 39.1 Å². The topological polar surface area (TPSA) is 157 Å². The van der Waals surface area contributed by atoms with Crippen LogP contribution >= 0.6 is 11.3 Å². The van der Waals surface area contributed by atoms with Crippen molar-refractivity contribution in [3.8, 4) is 10.4 Å². The molecule has 0 saturated carbocycles. The second-order valence-electron chi connectivity index (χ2n) is 5.78. The molecule has 2 aromatic carbocycles. The van der Waals surface area contributed by atoms with Gasteiger partial charge in [0.05, 0.1) is 0 Å². The van der Waals surface area contributed by atoms with Crippen molar-refractivity contribution in [3.05, 3.63) is 59.7 Å². The molecular weight excluding hydrogens is 364 g/mol. The van der Waals surface area contributed by atoms with Crippen LogP contribution in [0.2, 0.25) is 0 Å². The Kier molecular flexibility index (Phi) is 6.27. The molecule has 7 nitrogen and oxygen atoms in total. The number of aliphatic carboxylic acids is 1. The minimum Gasteiger partial charge on any atom is -0.479 e. The fourth-order valence-corrected chi connectivity index (χ4v) is 3.26. The van der Waals surface area contributed by atoms with E-state index in [0.717, 1.165) is 31.7 Å². The number of nitrogen functional groups attached to an aromatic ring is 2. The Hall–Kier alpha value is -3.23.